The van der Waals surface area contributed by atoms with Gasteiger partial charge in [0.25, 0.3) is 0 Å². The van der Waals surface area contributed by atoms with Crippen molar-refractivity contribution >= 4 is 17.3 Å². The van der Waals surface area contributed by atoms with Crippen molar-refractivity contribution in [2.75, 3.05) is 25.1 Å². The van der Waals surface area contributed by atoms with Gasteiger partial charge in [-0.15, -0.1) is 0 Å². The summed E-state index contributed by atoms with van der Waals surface area (Å²) in [4.78, 5) is 0. The first-order chi connectivity index (χ1) is 8.47. The van der Waals surface area contributed by atoms with E-state index in [9.17, 15) is 13.2 Å². The van der Waals surface area contributed by atoms with E-state index in [2.05, 4.69) is 5.32 Å². The fourth-order valence-electron chi connectivity index (χ4n) is 1.84. The lowest BCUT2D eigenvalue weighted by Gasteiger charge is -2.14. The lowest BCUT2D eigenvalue weighted by molar-refractivity contribution is -0.137. The van der Waals surface area contributed by atoms with Crippen molar-refractivity contribution in [2.24, 2.45) is 5.92 Å². The fraction of sp³-hybridized carbons (Fsp3) is 0.500. The maximum Gasteiger partial charge on any atom is 0.416 e. The molecule has 1 N–H and O–H groups in total. The highest BCUT2D eigenvalue weighted by molar-refractivity contribution is 6.33. The number of anilines is 1. The monoisotopic (exact) mass is 279 g/mol. The van der Waals surface area contributed by atoms with Crippen molar-refractivity contribution in [3.05, 3.63) is 28.8 Å². The van der Waals surface area contributed by atoms with E-state index in [4.69, 9.17) is 16.3 Å². The van der Waals surface area contributed by atoms with E-state index < -0.39 is 11.7 Å². The Kier molecular flexibility index (Phi) is 4.02. The lowest BCUT2D eigenvalue weighted by atomic mass is 10.1. The van der Waals surface area contributed by atoms with Crippen molar-refractivity contribution in [1.82, 2.24) is 0 Å². The van der Waals surface area contributed by atoms with Crippen LogP contribution in [0.15, 0.2) is 18.2 Å². The largest absolute Gasteiger partial charge is 0.416 e. The van der Waals surface area contributed by atoms with Crippen LogP contribution in [0.25, 0.3) is 0 Å². The quantitative estimate of drug-likeness (QED) is 0.908. The number of alkyl halides is 3. The number of benzene rings is 1. The minimum absolute atomic E-state index is 0.293. The summed E-state index contributed by atoms with van der Waals surface area (Å²) in [7, 11) is 0. The molecular formula is C12H13ClF3NO. The van der Waals surface area contributed by atoms with Crippen LogP contribution in [0.5, 0.6) is 0 Å². The number of hydrogen-bond acceptors (Lipinski definition) is 2. The predicted molar refractivity (Wildman–Crippen MR) is 63.9 cm³/mol. The van der Waals surface area contributed by atoms with Gasteiger partial charge in [0.1, 0.15) is 0 Å². The molecule has 1 fully saturated rings. The van der Waals surface area contributed by atoms with Crippen molar-refractivity contribution in [3.8, 4) is 0 Å². The zero-order chi connectivity index (χ0) is 13.2. The summed E-state index contributed by atoms with van der Waals surface area (Å²) >= 11 is 5.87. The Labute approximate surface area is 108 Å². The molecule has 2 rings (SSSR count). The first-order valence-corrected chi connectivity index (χ1v) is 6.03. The molecule has 1 heterocycles. The van der Waals surface area contributed by atoms with Gasteiger partial charge in [0.2, 0.25) is 0 Å². The second-order valence-electron chi connectivity index (χ2n) is 4.30. The molecular weight excluding hydrogens is 267 g/mol. The van der Waals surface area contributed by atoms with Crippen LogP contribution < -0.4 is 5.32 Å². The lowest BCUT2D eigenvalue weighted by Crippen LogP contribution is -2.15. The zero-order valence-corrected chi connectivity index (χ0v) is 10.3. The Morgan fingerprint density at radius 3 is 2.78 bits per heavy atom. The van der Waals surface area contributed by atoms with Crippen molar-refractivity contribution < 1.29 is 17.9 Å². The Balaban J connectivity index is 2.06. The first-order valence-electron chi connectivity index (χ1n) is 5.65. The van der Waals surface area contributed by atoms with Gasteiger partial charge in [-0.25, -0.2) is 0 Å². The molecule has 0 aliphatic carbocycles. The third-order valence-electron chi connectivity index (χ3n) is 2.90. The van der Waals surface area contributed by atoms with Crippen LogP contribution in [0.1, 0.15) is 12.0 Å². The van der Waals surface area contributed by atoms with Crippen LogP contribution in [0.2, 0.25) is 5.02 Å². The second kappa shape index (κ2) is 5.36. The molecule has 1 unspecified atom stereocenters. The maximum absolute atomic E-state index is 12.5. The summed E-state index contributed by atoms with van der Waals surface area (Å²) in [5.41, 5.74) is -0.379. The van der Waals surface area contributed by atoms with E-state index in [1.54, 1.807) is 0 Å². The summed E-state index contributed by atoms with van der Waals surface area (Å²) in [5, 5.41) is 3.25. The third-order valence-corrected chi connectivity index (χ3v) is 3.23. The zero-order valence-electron chi connectivity index (χ0n) is 9.56. The van der Waals surface area contributed by atoms with E-state index in [1.165, 1.54) is 6.07 Å². The van der Waals surface area contributed by atoms with Gasteiger partial charge in [-0.1, -0.05) is 11.6 Å². The fourth-order valence-corrected chi connectivity index (χ4v) is 2.02. The molecule has 0 spiro atoms. The third kappa shape index (κ3) is 3.29. The molecule has 0 radical (unpaired) electrons. The van der Waals surface area contributed by atoms with Gasteiger partial charge in [-0.3, -0.25) is 0 Å². The van der Waals surface area contributed by atoms with Crippen LogP contribution in [-0.4, -0.2) is 19.8 Å². The molecule has 0 amide bonds. The van der Waals surface area contributed by atoms with Crippen LogP contribution >= 0.6 is 11.6 Å². The molecule has 0 saturated carbocycles. The molecule has 0 bridgehead atoms. The highest BCUT2D eigenvalue weighted by Gasteiger charge is 2.31. The molecule has 1 saturated heterocycles. The molecule has 18 heavy (non-hydrogen) atoms. The summed E-state index contributed by atoms with van der Waals surface area (Å²) in [6.07, 6.45) is -3.43. The van der Waals surface area contributed by atoms with Crippen LogP contribution in [0, 0.1) is 5.92 Å². The SMILES string of the molecule is FC(F)(F)c1ccc(Cl)c(NCC2CCOC2)c1. The summed E-state index contributed by atoms with van der Waals surface area (Å²) in [6.45, 7) is 1.92. The van der Waals surface area contributed by atoms with Gasteiger partial charge in [-0.05, 0) is 24.6 Å². The first kappa shape index (κ1) is 13.5. The topological polar surface area (TPSA) is 21.3 Å². The molecule has 1 aliphatic heterocycles. The van der Waals surface area contributed by atoms with Crippen LogP contribution in [0.3, 0.4) is 0 Å². The number of hydrogen-bond donors (Lipinski definition) is 1. The number of nitrogens with one attached hydrogen (secondary N) is 1. The van der Waals surface area contributed by atoms with Gasteiger partial charge < -0.3 is 10.1 Å². The Morgan fingerprint density at radius 2 is 2.17 bits per heavy atom. The van der Waals surface area contributed by atoms with E-state index in [0.29, 0.717) is 36.4 Å². The average molecular weight is 280 g/mol. The van der Waals surface area contributed by atoms with Crippen molar-refractivity contribution in [1.29, 1.82) is 0 Å². The number of rotatable bonds is 3. The normalized spacial score (nSPS) is 20.1. The smallest absolute Gasteiger partial charge is 0.383 e. The molecule has 2 nitrogen and oxygen atoms in total. The van der Waals surface area contributed by atoms with E-state index >= 15 is 0 Å². The van der Waals surface area contributed by atoms with E-state index in [0.717, 1.165) is 18.6 Å². The predicted octanol–water partition coefficient (Wildman–Crippen LogP) is 3.81. The second-order valence-corrected chi connectivity index (χ2v) is 4.71. The van der Waals surface area contributed by atoms with Crippen LogP contribution in [-0.2, 0) is 10.9 Å². The van der Waals surface area contributed by atoms with Gasteiger partial charge in [0, 0.05) is 19.1 Å². The van der Waals surface area contributed by atoms with Gasteiger partial charge >= 0.3 is 6.18 Å². The molecule has 1 aromatic rings. The van der Waals surface area contributed by atoms with Crippen molar-refractivity contribution in [3.63, 3.8) is 0 Å². The molecule has 100 valence electrons. The number of ether oxygens (including phenoxy) is 1. The van der Waals surface area contributed by atoms with E-state index in [-0.39, 0.29) is 0 Å². The minimum Gasteiger partial charge on any atom is -0.383 e. The van der Waals surface area contributed by atoms with Gasteiger partial charge in [0.15, 0.2) is 0 Å². The molecule has 1 atom stereocenters. The van der Waals surface area contributed by atoms with E-state index in [1.807, 2.05) is 0 Å². The minimum atomic E-state index is -4.35. The molecule has 6 heteroatoms. The summed E-state index contributed by atoms with van der Waals surface area (Å²) in [5.74, 6) is 0.329. The van der Waals surface area contributed by atoms with Gasteiger partial charge in [-0.2, -0.15) is 13.2 Å². The number of halogens is 4. The highest BCUT2D eigenvalue weighted by atomic mass is 35.5. The van der Waals surface area contributed by atoms with Gasteiger partial charge in [0.05, 0.1) is 22.9 Å². The Bertz CT molecular complexity index is 416. The molecule has 1 aliphatic rings. The average Bonchev–Trinajstić information content (AvgIpc) is 2.79. The Morgan fingerprint density at radius 1 is 1.39 bits per heavy atom. The highest BCUT2D eigenvalue weighted by Crippen LogP contribution is 2.34. The standard InChI is InChI=1S/C12H13ClF3NO/c13-10-2-1-9(12(14,15)16)5-11(10)17-6-8-3-4-18-7-8/h1-2,5,8,17H,3-4,6-7H2. The Hall–Kier alpha value is -0.940. The summed E-state index contributed by atoms with van der Waals surface area (Å²) < 4.78 is 42.9. The molecule has 1 aromatic carbocycles. The van der Waals surface area contributed by atoms with Crippen molar-refractivity contribution in [2.45, 2.75) is 12.6 Å². The van der Waals surface area contributed by atoms with Crippen LogP contribution in [0.4, 0.5) is 18.9 Å². The maximum atomic E-state index is 12.5. The molecule has 0 aromatic heterocycles. The summed E-state index contributed by atoms with van der Waals surface area (Å²) in [6, 6.07) is 3.28.